The van der Waals surface area contributed by atoms with E-state index in [1.807, 2.05) is 6.92 Å². The van der Waals surface area contributed by atoms with E-state index in [4.69, 9.17) is 15.2 Å². The molecule has 2 N–H and O–H groups in total. The van der Waals surface area contributed by atoms with Crippen LogP contribution in [0.25, 0.3) is 0 Å². The highest BCUT2D eigenvalue weighted by Gasteiger charge is 2.30. The minimum Gasteiger partial charge on any atom is -0.493 e. The van der Waals surface area contributed by atoms with Crippen molar-refractivity contribution in [2.24, 2.45) is 5.73 Å². The van der Waals surface area contributed by atoms with Gasteiger partial charge in [0.15, 0.2) is 0 Å². The molecule has 1 aromatic rings. The fraction of sp³-hybridized carbons (Fsp3) is 0.538. The van der Waals surface area contributed by atoms with E-state index in [9.17, 15) is 0 Å². The van der Waals surface area contributed by atoms with E-state index < -0.39 is 0 Å². The molecule has 0 bridgehead atoms. The van der Waals surface area contributed by atoms with Gasteiger partial charge in [-0.3, -0.25) is 0 Å². The number of hydrogen-bond donors (Lipinski definition) is 1. The molecule has 0 saturated carbocycles. The topological polar surface area (TPSA) is 44.5 Å². The molecule has 4 heteroatoms. The van der Waals surface area contributed by atoms with Gasteiger partial charge in [-0.25, -0.2) is 0 Å². The first-order valence-electron chi connectivity index (χ1n) is 6.05. The molecule has 92 valence electrons. The minimum absolute atomic E-state index is 0.147. The molecule has 2 heterocycles. The number of halogens is 1. The van der Waals surface area contributed by atoms with Crippen LogP contribution in [0, 0.1) is 0 Å². The molecule has 0 aromatic heterocycles. The summed E-state index contributed by atoms with van der Waals surface area (Å²) in [4.78, 5) is 0. The Bertz CT molecular complexity index is 436. The molecule has 0 spiro atoms. The van der Waals surface area contributed by atoms with E-state index in [1.54, 1.807) is 0 Å². The lowest BCUT2D eigenvalue weighted by atomic mass is 9.95. The molecule has 17 heavy (non-hydrogen) atoms. The normalized spacial score (nSPS) is 18.3. The van der Waals surface area contributed by atoms with Crippen molar-refractivity contribution in [3.8, 4) is 11.5 Å². The van der Waals surface area contributed by atoms with Crippen molar-refractivity contribution in [2.75, 3.05) is 13.2 Å². The van der Waals surface area contributed by atoms with Gasteiger partial charge < -0.3 is 15.2 Å². The highest BCUT2D eigenvalue weighted by atomic mass is 79.9. The van der Waals surface area contributed by atoms with Crippen LogP contribution >= 0.6 is 15.9 Å². The van der Waals surface area contributed by atoms with E-state index in [1.165, 1.54) is 16.7 Å². The molecule has 0 unspecified atom stereocenters. The SMILES string of the molecule is C[C@H](N)Cc1c2c(c(Br)c3c1OCC3)OCC2. The molecular formula is C13H16BrNO2. The summed E-state index contributed by atoms with van der Waals surface area (Å²) in [6, 6.07) is 0.147. The van der Waals surface area contributed by atoms with Gasteiger partial charge in [-0.2, -0.15) is 0 Å². The largest absolute Gasteiger partial charge is 0.493 e. The Hall–Kier alpha value is -0.740. The summed E-state index contributed by atoms with van der Waals surface area (Å²) in [6.45, 7) is 3.57. The number of hydrogen-bond acceptors (Lipinski definition) is 3. The molecule has 0 amide bonds. The van der Waals surface area contributed by atoms with Crippen LogP contribution in [0.1, 0.15) is 23.6 Å². The van der Waals surface area contributed by atoms with Crippen LogP contribution in [-0.4, -0.2) is 19.3 Å². The van der Waals surface area contributed by atoms with Crippen LogP contribution < -0.4 is 15.2 Å². The Morgan fingerprint density at radius 2 is 1.82 bits per heavy atom. The maximum atomic E-state index is 5.94. The standard InChI is InChI=1S/C13H16BrNO2/c1-7(15)6-10-8-2-4-17-13(8)11(14)9-3-5-16-12(9)10/h7H,2-6,15H2,1H3/t7-/m0/s1. The number of nitrogens with two attached hydrogens (primary N) is 1. The number of ether oxygens (including phenoxy) is 2. The monoisotopic (exact) mass is 297 g/mol. The summed E-state index contributed by atoms with van der Waals surface area (Å²) < 4.78 is 12.6. The van der Waals surface area contributed by atoms with E-state index >= 15 is 0 Å². The number of fused-ring (bicyclic) bond motifs is 2. The van der Waals surface area contributed by atoms with Crippen molar-refractivity contribution in [1.29, 1.82) is 0 Å². The second-order valence-electron chi connectivity index (χ2n) is 4.79. The van der Waals surface area contributed by atoms with Crippen LogP contribution in [0.2, 0.25) is 0 Å². The summed E-state index contributed by atoms with van der Waals surface area (Å²) >= 11 is 3.65. The lowest BCUT2D eigenvalue weighted by Crippen LogP contribution is -2.19. The molecule has 0 fully saturated rings. The Morgan fingerprint density at radius 1 is 1.18 bits per heavy atom. The maximum absolute atomic E-state index is 5.94. The van der Waals surface area contributed by atoms with Gasteiger partial charge in [-0.15, -0.1) is 0 Å². The van der Waals surface area contributed by atoms with Gasteiger partial charge in [-0.05, 0) is 29.3 Å². The summed E-state index contributed by atoms with van der Waals surface area (Å²) in [5.41, 5.74) is 9.75. The average Bonchev–Trinajstić information content (AvgIpc) is 2.92. The number of benzene rings is 1. The van der Waals surface area contributed by atoms with Crippen molar-refractivity contribution in [3.63, 3.8) is 0 Å². The van der Waals surface area contributed by atoms with Crippen molar-refractivity contribution >= 4 is 15.9 Å². The first kappa shape index (κ1) is 11.4. The molecule has 2 aliphatic heterocycles. The first-order valence-corrected chi connectivity index (χ1v) is 6.85. The molecule has 0 radical (unpaired) electrons. The highest BCUT2D eigenvalue weighted by molar-refractivity contribution is 9.10. The highest BCUT2D eigenvalue weighted by Crippen LogP contribution is 2.47. The molecule has 0 saturated heterocycles. The quantitative estimate of drug-likeness (QED) is 0.910. The van der Waals surface area contributed by atoms with Crippen LogP contribution in [0.3, 0.4) is 0 Å². The smallest absolute Gasteiger partial charge is 0.137 e. The van der Waals surface area contributed by atoms with Crippen LogP contribution in [0.4, 0.5) is 0 Å². The molecule has 3 nitrogen and oxygen atoms in total. The summed E-state index contributed by atoms with van der Waals surface area (Å²) in [6.07, 6.45) is 2.78. The lowest BCUT2D eigenvalue weighted by molar-refractivity contribution is 0.352. The average molecular weight is 298 g/mol. The Labute approximate surface area is 109 Å². The molecule has 1 aromatic carbocycles. The predicted octanol–water partition coefficient (Wildman–Crippen LogP) is 2.21. The van der Waals surface area contributed by atoms with E-state index in [0.717, 1.165) is 48.4 Å². The van der Waals surface area contributed by atoms with Gasteiger partial charge in [0.25, 0.3) is 0 Å². The van der Waals surface area contributed by atoms with E-state index in [0.29, 0.717) is 0 Å². The molecule has 3 rings (SSSR count). The van der Waals surface area contributed by atoms with Gasteiger partial charge in [0, 0.05) is 35.6 Å². The van der Waals surface area contributed by atoms with Gasteiger partial charge in [0.05, 0.1) is 17.7 Å². The summed E-state index contributed by atoms with van der Waals surface area (Å²) in [7, 11) is 0. The van der Waals surface area contributed by atoms with Crippen molar-refractivity contribution in [3.05, 3.63) is 21.2 Å². The fourth-order valence-electron chi connectivity index (χ4n) is 2.69. The van der Waals surface area contributed by atoms with Gasteiger partial charge in [0.1, 0.15) is 11.5 Å². The predicted molar refractivity (Wildman–Crippen MR) is 69.9 cm³/mol. The number of rotatable bonds is 2. The van der Waals surface area contributed by atoms with Gasteiger partial charge >= 0.3 is 0 Å². The lowest BCUT2D eigenvalue weighted by Gasteiger charge is -2.16. The third kappa shape index (κ3) is 1.74. The van der Waals surface area contributed by atoms with Gasteiger partial charge in [0.2, 0.25) is 0 Å². The Balaban J connectivity index is 2.19. The molecule has 0 aliphatic carbocycles. The van der Waals surface area contributed by atoms with Crippen LogP contribution in [0.15, 0.2) is 4.47 Å². The van der Waals surface area contributed by atoms with Gasteiger partial charge in [-0.1, -0.05) is 0 Å². The molecule has 1 atom stereocenters. The summed E-state index contributed by atoms with van der Waals surface area (Å²) in [5.74, 6) is 2.07. The van der Waals surface area contributed by atoms with E-state index in [2.05, 4.69) is 15.9 Å². The zero-order valence-corrected chi connectivity index (χ0v) is 11.5. The van der Waals surface area contributed by atoms with Crippen LogP contribution in [0.5, 0.6) is 11.5 Å². The van der Waals surface area contributed by atoms with Crippen molar-refractivity contribution < 1.29 is 9.47 Å². The second kappa shape index (κ2) is 4.18. The Morgan fingerprint density at radius 3 is 2.53 bits per heavy atom. The van der Waals surface area contributed by atoms with Crippen molar-refractivity contribution in [1.82, 2.24) is 0 Å². The third-order valence-corrected chi connectivity index (χ3v) is 4.21. The maximum Gasteiger partial charge on any atom is 0.137 e. The van der Waals surface area contributed by atoms with Crippen LogP contribution in [-0.2, 0) is 19.3 Å². The zero-order valence-electron chi connectivity index (χ0n) is 9.88. The van der Waals surface area contributed by atoms with E-state index in [-0.39, 0.29) is 6.04 Å². The second-order valence-corrected chi connectivity index (χ2v) is 5.58. The first-order chi connectivity index (χ1) is 8.18. The summed E-state index contributed by atoms with van der Waals surface area (Å²) in [5, 5.41) is 0. The third-order valence-electron chi connectivity index (χ3n) is 3.37. The minimum atomic E-state index is 0.147. The zero-order chi connectivity index (χ0) is 12.0. The van der Waals surface area contributed by atoms with Crippen molar-refractivity contribution in [2.45, 2.75) is 32.2 Å². The molecular weight excluding hydrogens is 282 g/mol. The fourth-order valence-corrected chi connectivity index (χ4v) is 3.42. The molecule has 2 aliphatic rings. The Kier molecular flexibility index (Phi) is 2.79.